The highest BCUT2D eigenvalue weighted by molar-refractivity contribution is 5.96. The van der Waals surface area contributed by atoms with Gasteiger partial charge in [-0.3, -0.25) is 9.48 Å². The van der Waals surface area contributed by atoms with Crippen LogP contribution in [0.25, 0.3) is 0 Å². The third-order valence-corrected chi connectivity index (χ3v) is 3.44. The molecule has 0 spiro atoms. The molecular weight excluding hydrogens is 228 g/mol. The number of hydrogen-bond donors (Lipinski definition) is 2. The SMILES string of the molecule is Cc1nn(C(C)C)c(C)c1NC(=O)C1CCCN1. The molecule has 0 saturated carbocycles. The molecule has 18 heavy (non-hydrogen) atoms. The van der Waals surface area contributed by atoms with E-state index in [4.69, 9.17) is 0 Å². The number of anilines is 1. The Labute approximate surface area is 108 Å². The second-order valence-corrected chi connectivity index (χ2v) is 5.22. The Bertz CT molecular complexity index is 444. The normalized spacial score (nSPS) is 19.5. The topological polar surface area (TPSA) is 59.0 Å². The van der Waals surface area contributed by atoms with Gasteiger partial charge in [-0.15, -0.1) is 0 Å². The third kappa shape index (κ3) is 2.41. The van der Waals surface area contributed by atoms with Gasteiger partial charge in [0.25, 0.3) is 0 Å². The van der Waals surface area contributed by atoms with E-state index in [2.05, 4.69) is 29.6 Å². The minimum atomic E-state index is -0.0498. The lowest BCUT2D eigenvalue weighted by Gasteiger charge is -2.12. The molecule has 2 rings (SSSR count). The minimum Gasteiger partial charge on any atom is -0.322 e. The summed E-state index contributed by atoms with van der Waals surface area (Å²) in [5.74, 6) is 0.0574. The molecule has 2 heterocycles. The van der Waals surface area contributed by atoms with E-state index in [1.165, 1.54) is 0 Å². The Balaban J connectivity index is 2.16. The van der Waals surface area contributed by atoms with Gasteiger partial charge in [-0.1, -0.05) is 0 Å². The van der Waals surface area contributed by atoms with E-state index >= 15 is 0 Å². The molecular formula is C13H22N4O. The first kappa shape index (κ1) is 13.1. The van der Waals surface area contributed by atoms with E-state index in [0.717, 1.165) is 36.5 Å². The Hall–Kier alpha value is -1.36. The smallest absolute Gasteiger partial charge is 0.241 e. The fourth-order valence-electron chi connectivity index (χ4n) is 2.47. The van der Waals surface area contributed by atoms with Crippen molar-refractivity contribution in [3.63, 3.8) is 0 Å². The van der Waals surface area contributed by atoms with Gasteiger partial charge < -0.3 is 10.6 Å². The van der Waals surface area contributed by atoms with Gasteiger partial charge in [-0.25, -0.2) is 0 Å². The fraction of sp³-hybridized carbons (Fsp3) is 0.692. The van der Waals surface area contributed by atoms with E-state index < -0.39 is 0 Å². The largest absolute Gasteiger partial charge is 0.322 e. The predicted octanol–water partition coefficient (Wildman–Crippen LogP) is 1.77. The molecule has 1 amide bonds. The minimum absolute atomic E-state index is 0.0498. The first-order valence-corrected chi connectivity index (χ1v) is 6.60. The summed E-state index contributed by atoms with van der Waals surface area (Å²) in [6.45, 7) is 9.04. The lowest BCUT2D eigenvalue weighted by molar-refractivity contribution is -0.117. The molecule has 1 fully saturated rings. The monoisotopic (exact) mass is 250 g/mol. The maximum Gasteiger partial charge on any atom is 0.241 e. The molecule has 100 valence electrons. The van der Waals surface area contributed by atoms with Crippen molar-refractivity contribution in [3.8, 4) is 0 Å². The van der Waals surface area contributed by atoms with E-state index in [1.807, 2.05) is 18.5 Å². The van der Waals surface area contributed by atoms with Gasteiger partial charge in [0.05, 0.1) is 23.1 Å². The first-order chi connectivity index (χ1) is 8.50. The maximum absolute atomic E-state index is 12.1. The summed E-state index contributed by atoms with van der Waals surface area (Å²) in [5.41, 5.74) is 2.77. The lowest BCUT2D eigenvalue weighted by atomic mass is 10.2. The predicted molar refractivity (Wildman–Crippen MR) is 71.7 cm³/mol. The number of amides is 1. The summed E-state index contributed by atoms with van der Waals surface area (Å²) < 4.78 is 1.95. The Morgan fingerprint density at radius 3 is 2.72 bits per heavy atom. The molecule has 1 aliphatic heterocycles. The van der Waals surface area contributed by atoms with Crippen LogP contribution in [0.2, 0.25) is 0 Å². The molecule has 1 atom stereocenters. The second kappa shape index (κ2) is 5.10. The highest BCUT2D eigenvalue weighted by atomic mass is 16.2. The molecule has 1 aromatic rings. The molecule has 0 radical (unpaired) electrons. The summed E-state index contributed by atoms with van der Waals surface area (Å²) in [6.07, 6.45) is 1.99. The van der Waals surface area contributed by atoms with Crippen LogP contribution in [0.1, 0.15) is 44.1 Å². The quantitative estimate of drug-likeness (QED) is 0.859. The van der Waals surface area contributed by atoms with Crippen molar-refractivity contribution in [1.82, 2.24) is 15.1 Å². The second-order valence-electron chi connectivity index (χ2n) is 5.22. The maximum atomic E-state index is 12.1. The van der Waals surface area contributed by atoms with Crippen LogP contribution in [0.5, 0.6) is 0 Å². The third-order valence-electron chi connectivity index (χ3n) is 3.44. The molecule has 1 saturated heterocycles. The van der Waals surface area contributed by atoms with Crippen molar-refractivity contribution in [2.75, 3.05) is 11.9 Å². The van der Waals surface area contributed by atoms with Crippen molar-refractivity contribution in [2.24, 2.45) is 0 Å². The van der Waals surface area contributed by atoms with E-state index in [9.17, 15) is 4.79 Å². The van der Waals surface area contributed by atoms with Crippen molar-refractivity contribution in [3.05, 3.63) is 11.4 Å². The van der Waals surface area contributed by atoms with Crippen LogP contribution in [0.4, 0.5) is 5.69 Å². The molecule has 1 unspecified atom stereocenters. The van der Waals surface area contributed by atoms with Gasteiger partial charge in [0, 0.05) is 6.04 Å². The number of carbonyl (C=O) groups excluding carboxylic acids is 1. The zero-order chi connectivity index (χ0) is 13.3. The molecule has 1 aromatic heterocycles. The Morgan fingerprint density at radius 1 is 1.50 bits per heavy atom. The molecule has 1 aliphatic rings. The molecule has 5 nitrogen and oxygen atoms in total. The van der Waals surface area contributed by atoms with Crippen LogP contribution >= 0.6 is 0 Å². The highest BCUT2D eigenvalue weighted by Gasteiger charge is 2.24. The molecule has 5 heteroatoms. The summed E-state index contributed by atoms with van der Waals surface area (Å²) in [4.78, 5) is 12.1. The highest BCUT2D eigenvalue weighted by Crippen LogP contribution is 2.23. The zero-order valence-electron chi connectivity index (χ0n) is 11.6. The van der Waals surface area contributed by atoms with Gasteiger partial charge in [-0.05, 0) is 47.1 Å². The van der Waals surface area contributed by atoms with Crippen LogP contribution in [0.3, 0.4) is 0 Å². The first-order valence-electron chi connectivity index (χ1n) is 6.60. The number of carbonyl (C=O) groups is 1. The van der Waals surface area contributed by atoms with Gasteiger partial charge in [-0.2, -0.15) is 5.10 Å². The number of aryl methyl sites for hydroxylation is 1. The van der Waals surface area contributed by atoms with Crippen molar-refractivity contribution in [2.45, 2.75) is 52.6 Å². The summed E-state index contributed by atoms with van der Waals surface area (Å²) in [5, 5.41) is 10.7. The van der Waals surface area contributed by atoms with E-state index in [1.54, 1.807) is 0 Å². The fourth-order valence-corrected chi connectivity index (χ4v) is 2.47. The van der Waals surface area contributed by atoms with E-state index in [-0.39, 0.29) is 11.9 Å². The van der Waals surface area contributed by atoms with Crippen molar-refractivity contribution >= 4 is 11.6 Å². The van der Waals surface area contributed by atoms with Crippen molar-refractivity contribution in [1.29, 1.82) is 0 Å². The van der Waals surface area contributed by atoms with Crippen LogP contribution in [-0.4, -0.2) is 28.3 Å². The van der Waals surface area contributed by atoms with E-state index in [0.29, 0.717) is 6.04 Å². The van der Waals surface area contributed by atoms with Gasteiger partial charge in [0.2, 0.25) is 5.91 Å². The van der Waals surface area contributed by atoms with Crippen LogP contribution in [-0.2, 0) is 4.79 Å². The van der Waals surface area contributed by atoms with Crippen molar-refractivity contribution < 1.29 is 4.79 Å². The van der Waals surface area contributed by atoms with Gasteiger partial charge in [0.15, 0.2) is 0 Å². The van der Waals surface area contributed by atoms with Crippen LogP contribution < -0.4 is 10.6 Å². The summed E-state index contributed by atoms with van der Waals surface area (Å²) in [6, 6.07) is 0.255. The number of aromatic nitrogens is 2. The average Bonchev–Trinajstić information content (AvgIpc) is 2.92. The number of nitrogens with one attached hydrogen (secondary N) is 2. The molecule has 2 N–H and O–H groups in total. The number of rotatable bonds is 3. The molecule has 0 aromatic carbocycles. The Morgan fingerprint density at radius 2 is 2.22 bits per heavy atom. The zero-order valence-corrected chi connectivity index (χ0v) is 11.6. The van der Waals surface area contributed by atoms with Gasteiger partial charge in [0.1, 0.15) is 0 Å². The molecule has 0 bridgehead atoms. The van der Waals surface area contributed by atoms with Crippen LogP contribution in [0.15, 0.2) is 0 Å². The number of hydrogen-bond acceptors (Lipinski definition) is 3. The summed E-state index contributed by atoms with van der Waals surface area (Å²) >= 11 is 0. The standard InChI is InChI=1S/C13H22N4O/c1-8(2)17-10(4)12(9(3)16-17)15-13(18)11-6-5-7-14-11/h8,11,14H,5-7H2,1-4H3,(H,15,18). The number of nitrogens with zero attached hydrogens (tertiary/aromatic N) is 2. The lowest BCUT2D eigenvalue weighted by Crippen LogP contribution is -2.35. The van der Waals surface area contributed by atoms with Crippen LogP contribution in [0, 0.1) is 13.8 Å². The Kier molecular flexibility index (Phi) is 3.71. The summed E-state index contributed by atoms with van der Waals surface area (Å²) in [7, 11) is 0. The molecule has 0 aliphatic carbocycles. The average molecular weight is 250 g/mol. The van der Waals surface area contributed by atoms with Gasteiger partial charge >= 0.3 is 0 Å².